The fraction of sp³-hybridized carbons (Fsp3) is 0.310. The SMILES string of the molecule is CC(C=CC1=C(C)C(n2ccnc2)CCC1(C)C)=CC=CC(C)=CC(=O)Nc1cccc(S)c1. The average molecular weight is 474 g/mol. The molecule has 1 aliphatic carbocycles. The number of carbonyl (C=O) groups excluding carboxylic acids is 1. The van der Waals surface area contributed by atoms with Crippen molar-refractivity contribution in [1.29, 1.82) is 0 Å². The first-order valence-electron chi connectivity index (χ1n) is 11.7. The first-order chi connectivity index (χ1) is 16.2. The summed E-state index contributed by atoms with van der Waals surface area (Å²) < 4.78 is 2.21. The Kier molecular flexibility index (Phi) is 8.56. The van der Waals surface area contributed by atoms with Gasteiger partial charge in [0.05, 0.1) is 12.4 Å². The van der Waals surface area contributed by atoms with Crippen LogP contribution in [0.1, 0.15) is 53.5 Å². The molecule has 0 fully saturated rings. The summed E-state index contributed by atoms with van der Waals surface area (Å²) in [6.07, 6.45) is 20.1. The Morgan fingerprint density at radius 1 is 1.24 bits per heavy atom. The molecule has 0 saturated carbocycles. The van der Waals surface area contributed by atoms with Gasteiger partial charge < -0.3 is 9.88 Å². The van der Waals surface area contributed by atoms with Gasteiger partial charge in [0.15, 0.2) is 0 Å². The maximum atomic E-state index is 12.2. The molecular weight excluding hydrogens is 438 g/mol. The second-order valence-electron chi connectivity index (χ2n) is 9.58. The van der Waals surface area contributed by atoms with Crippen molar-refractivity contribution in [1.82, 2.24) is 9.55 Å². The van der Waals surface area contributed by atoms with Gasteiger partial charge in [-0.2, -0.15) is 0 Å². The fourth-order valence-electron chi connectivity index (χ4n) is 4.38. The fourth-order valence-corrected chi connectivity index (χ4v) is 4.61. The predicted molar refractivity (Wildman–Crippen MR) is 145 cm³/mol. The lowest BCUT2D eigenvalue weighted by Crippen LogP contribution is -2.25. The number of hydrogen-bond donors (Lipinski definition) is 2. The Morgan fingerprint density at radius 3 is 2.74 bits per heavy atom. The van der Waals surface area contributed by atoms with E-state index in [-0.39, 0.29) is 11.3 Å². The van der Waals surface area contributed by atoms with Gasteiger partial charge in [-0.05, 0) is 73.9 Å². The minimum Gasteiger partial charge on any atom is -0.330 e. The molecule has 1 N–H and O–H groups in total. The molecule has 5 heteroatoms. The van der Waals surface area contributed by atoms with Crippen molar-refractivity contribution in [3.05, 3.63) is 102 Å². The molecule has 0 aliphatic heterocycles. The molecule has 0 bridgehead atoms. The lowest BCUT2D eigenvalue weighted by atomic mass is 9.71. The average Bonchev–Trinajstić information content (AvgIpc) is 3.27. The number of nitrogens with one attached hydrogen (secondary N) is 1. The van der Waals surface area contributed by atoms with Gasteiger partial charge in [0.2, 0.25) is 5.91 Å². The van der Waals surface area contributed by atoms with Crippen LogP contribution in [0, 0.1) is 5.41 Å². The first kappa shape index (κ1) is 25.6. The molecule has 1 amide bonds. The number of allylic oxidation sites excluding steroid dienone is 9. The third-order valence-corrected chi connectivity index (χ3v) is 6.56. The summed E-state index contributed by atoms with van der Waals surface area (Å²) in [4.78, 5) is 17.3. The van der Waals surface area contributed by atoms with Crippen LogP contribution >= 0.6 is 12.6 Å². The molecule has 34 heavy (non-hydrogen) atoms. The van der Waals surface area contributed by atoms with Crippen LogP contribution in [0.2, 0.25) is 0 Å². The summed E-state index contributed by atoms with van der Waals surface area (Å²) in [7, 11) is 0. The van der Waals surface area contributed by atoms with Gasteiger partial charge in [0, 0.05) is 29.1 Å². The lowest BCUT2D eigenvalue weighted by molar-refractivity contribution is -0.111. The van der Waals surface area contributed by atoms with E-state index in [0.29, 0.717) is 6.04 Å². The maximum absolute atomic E-state index is 12.2. The van der Waals surface area contributed by atoms with E-state index in [1.807, 2.05) is 55.9 Å². The van der Waals surface area contributed by atoms with Gasteiger partial charge in [-0.15, -0.1) is 12.6 Å². The Hall–Kier alpha value is -3.05. The predicted octanol–water partition coefficient (Wildman–Crippen LogP) is 7.49. The number of hydrogen-bond acceptors (Lipinski definition) is 3. The van der Waals surface area contributed by atoms with Gasteiger partial charge in [-0.25, -0.2) is 4.98 Å². The van der Waals surface area contributed by atoms with Crippen LogP contribution in [0.15, 0.2) is 107 Å². The normalized spacial score (nSPS) is 19.3. The highest BCUT2D eigenvalue weighted by Gasteiger charge is 2.32. The van der Waals surface area contributed by atoms with Crippen molar-refractivity contribution < 1.29 is 4.79 Å². The zero-order valence-electron chi connectivity index (χ0n) is 20.7. The third-order valence-electron chi connectivity index (χ3n) is 6.28. The standard InChI is InChI=1S/C29H35N3OS/c1-21(8-6-9-22(2)18-28(33)31-24-10-7-11-25(34)19-24)12-13-26-23(3)27(14-15-29(26,4)5)32-17-16-30-20-32/h6-13,16-20,27,34H,14-15H2,1-5H3,(H,31,33). The highest BCUT2D eigenvalue weighted by Crippen LogP contribution is 2.45. The molecule has 2 aromatic rings. The topological polar surface area (TPSA) is 46.9 Å². The number of imidazole rings is 1. The van der Waals surface area contributed by atoms with E-state index in [4.69, 9.17) is 0 Å². The van der Waals surface area contributed by atoms with E-state index in [9.17, 15) is 4.79 Å². The summed E-state index contributed by atoms with van der Waals surface area (Å²) in [5, 5.41) is 2.86. The Bertz CT molecular complexity index is 1160. The molecular formula is C29H35N3OS. The summed E-state index contributed by atoms with van der Waals surface area (Å²) in [5.41, 5.74) is 5.71. The molecule has 1 aliphatic rings. The van der Waals surface area contributed by atoms with Crippen LogP contribution in [0.25, 0.3) is 0 Å². The zero-order valence-corrected chi connectivity index (χ0v) is 21.6. The van der Waals surface area contributed by atoms with E-state index in [1.165, 1.54) is 11.1 Å². The van der Waals surface area contributed by atoms with E-state index in [0.717, 1.165) is 34.6 Å². The molecule has 1 unspecified atom stereocenters. The smallest absolute Gasteiger partial charge is 0.248 e. The van der Waals surface area contributed by atoms with E-state index >= 15 is 0 Å². The molecule has 1 atom stereocenters. The second kappa shape index (κ2) is 11.4. The molecule has 1 aromatic heterocycles. The highest BCUT2D eigenvalue weighted by atomic mass is 32.1. The summed E-state index contributed by atoms with van der Waals surface area (Å²) in [6, 6.07) is 7.77. The minimum absolute atomic E-state index is 0.146. The van der Waals surface area contributed by atoms with Crippen LogP contribution in [0.5, 0.6) is 0 Å². The van der Waals surface area contributed by atoms with Gasteiger partial charge >= 0.3 is 0 Å². The van der Waals surface area contributed by atoms with E-state index < -0.39 is 0 Å². The van der Waals surface area contributed by atoms with Gasteiger partial charge in [0.25, 0.3) is 0 Å². The number of benzene rings is 1. The van der Waals surface area contributed by atoms with Crippen molar-refractivity contribution in [2.75, 3.05) is 5.32 Å². The van der Waals surface area contributed by atoms with E-state index in [2.05, 4.69) is 79.6 Å². The molecule has 0 radical (unpaired) electrons. The number of aromatic nitrogens is 2. The Labute approximate surface area is 209 Å². The molecule has 0 saturated heterocycles. The van der Waals surface area contributed by atoms with Gasteiger partial charge in [-0.3, -0.25) is 4.79 Å². The minimum atomic E-state index is -0.156. The van der Waals surface area contributed by atoms with Crippen molar-refractivity contribution >= 4 is 24.2 Å². The Morgan fingerprint density at radius 2 is 2.03 bits per heavy atom. The molecule has 178 valence electrons. The number of anilines is 1. The van der Waals surface area contributed by atoms with Crippen molar-refractivity contribution in [2.24, 2.45) is 5.41 Å². The second-order valence-corrected chi connectivity index (χ2v) is 10.1. The van der Waals surface area contributed by atoms with Gasteiger partial charge in [0.1, 0.15) is 0 Å². The quantitative estimate of drug-likeness (QED) is 0.248. The van der Waals surface area contributed by atoms with Crippen LogP contribution in [0.3, 0.4) is 0 Å². The largest absolute Gasteiger partial charge is 0.330 e. The summed E-state index contributed by atoms with van der Waals surface area (Å²) >= 11 is 4.30. The van der Waals surface area contributed by atoms with Crippen LogP contribution < -0.4 is 5.32 Å². The maximum Gasteiger partial charge on any atom is 0.248 e. The molecule has 1 aromatic carbocycles. The van der Waals surface area contributed by atoms with Crippen molar-refractivity contribution in [2.45, 2.75) is 58.4 Å². The van der Waals surface area contributed by atoms with E-state index in [1.54, 1.807) is 6.08 Å². The number of nitrogens with zero attached hydrogens (tertiary/aromatic N) is 2. The van der Waals surface area contributed by atoms with Crippen molar-refractivity contribution in [3.8, 4) is 0 Å². The molecule has 1 heterocycles. The van der Waals surface area contributed by atoms with Crippen molar-refractivity contribution in [3.63, 3.8) is 0 Å². The lowest BCUT2D eigenvalue weighted by Gasteiger charge is -2.37. The van der Waals surface area contributed by atoms with Crippen LogP contribution in [-0.4, -0.2) is 15.5 Å². The summed E-state index contributed by atoms with van der Waals surface area (Å²) in [5.74, 6) is -0.156. The number of thiol groups is 1. The number of rotatable bonds is 7. The first-order valence-corrected chi connectivity index (χ1v) is 12.1. The Balaban J connectivity index is 1.66. The highest BCUT2D eigenvalue weighted by molar-refractivity contribution is 7.80. The summed E-state index contributed by atoms with van der Waals surface area (Å²) in [6.45, 7) is 10.9. The monoisotopic (exact) mass is 473 g/mol. The molecule has 0 spiro atoms. The molecule has 3 rings (SSSR count). The van der Waals surface area contributed by atoms with Crippen LogP contribution in [0.4, 0.5) is 5.69 Å². The van der Waals surface area contributed by atoms with Crippen LogP contribution in [-0.2, 0) is 4.79 Å². The third kappa shape index (κ3) is 6.97. The van der Waals surface area contributed by atoms with Gasteiger partial charge in [-0.1, -0.05) is 55.9 Å². The number of carbonyl (C=O) groups is 1. The molecule has 4 nitrogen and oxygen atoms in total. The zero-order chi connectivity index (χ0) is 24.7. The number of amides is 1.